The minimum atomic E-state index is -2.29. The summed E-state index contributed by atoms with van der Waals surface area (Å²) >= 11 is 0. The molecule has 20 heteroatoms. The summed E-state index contributed by atoms with van der Waals surface area (Å²) in [6.45, 7) is -3.53. The molecule has 0 fully saturated rings. The van der Waals surface area contributed by atoms with E-state index in [9.17, 15) is 19.2 Å². The molecule has 0 saturated carbocycles. The van der Waals surface area contributed by atoms with Gasteiger partial charge in [0.25, 0.3) is 0 Å². The molecule has 0 aliphatic carbocycles. The summed E-state index contributed by atoms with van der Waals surface area (Å²) in [4.78, 5) is 55.0. The van der Waals surface area contributed by atoms with Crippen LogP contribution in [0.4, 0.5) is 35.1 Å². The van der Waals surface area contributed by atoms with Crippen LogP contribution < -0.4 is 18.9 Å². The Bertz CT molecular complexity index is 3850. The molecule has 10 aromatic rings. The van der Waals surface area contributed by atoms with Crippen molar-refractivity contribution in [2.45, 2.75) is 26.4 Å². The standard InChI is InChI=1S/C64H40F8O12/c1-77-57-33-21-29-13-5-9-17-37(29)41(57)42-38-18-10-6-14-30(38)22-34(58(42)78-2)26-82-62(74)47-53(69)55(71)48(56(72)54(47)70)64(76)84-28-36-24-32-16-8-12-20-40(32)44(60(36)80-4)43-39-19-11-7-15-31(39)23-35(59(43)79-3)27-83-63(75)46-51(67)49(65)45(50(66)52(46)68)61(73)81-25-33/h5-24H,25-28H2,1-4H3. The maximum atomic E-state index is 16.2. The number of halogens is 8. The first kappa shape index (κ1) is 55.7. The van der Waals surface area contributed by atoms with E-state index >= 15 is 35.1 Å². The minimum Gasteiger partial charge on any atom is -0.496 e. The van der Waals surface area contributed by atoms with E-state index in [1.165, 1.54) is 52.7 Å². The molecule has 424 valence electrons. The fraction of sp³-hybridized carbons (Fsp3) is 0.125. The fourth-order valence-electron chi connectivity index (χ4n) is 10.7. The van der Waals surface area contributed by atoms with Gasteiger partial charge in [0.2, 0.25) is 0 Å². The van der Waals surface area contributed by atoms with Gasteiger partial charge in [0.05, 0.1) is 28.4 Å². The molecule has 14 rings (SSSR count). The van der Waals surface area contributed by atoms with E-state index in [0.717, 1.165) is 0 Å². The topological polar surface area (TPSA) is 142 Å². The van der Waals surface area contributed by atoms with Gasteiger partial charge in [-0.2, -0.15) is 0 Å². The molecule has 0 spiro atoms. The van der Waals surface area contributed by atoms with Crippen molar-refractivity contribution in [2.75, 3.05) is 28.4 Å². The quantitative estimate of drug-likeness (QED) is 0.0716. The van der Waals surface area contributed by atoms with Gasteiger partial charge in [-0.3, -0.25) is 0 Å². The predicted molar refractivity (Wildman–Crippen MR) is 289 cm³/mol. The lowest BCUT2D eigenvalue weighted by Gasteiger charge is -2.22. The molecule has 10 aromatic carbocycles. The number of carbonyl (C=O) groups excluding carboxylic acids is 4. The van der Waals surface area contributed by atoms with Gasteiger partial charge in [-0.05, 0) is 67.4 Å². The molecule has 12 nitrogen and oxygen atoms in total. The molecular weight excluding hydrogens is 1110 g/mol. The Morgan fingerprint density at radius 1 is 0.286 bits per heavy atom. The number of rotatable bonds is 4. The maximum Gasteiger partial charge on any atom is 0.344 e. The van der Waals surface area contributed by atoms with Crippen LogP contribution in [0.5, 0.6) is 23.0 Å². The summed E-state index contributed by atoms with van der Waals surface area (Å²) in [6, 6.07) is 32.4. The smallest absolute Gasteiger partial charge is 0.344 e. The molecule has 0 radical (unpaired) electrons. The summed E-state index contributed by atoms with van der Waals surface area (Å²) in [5.74, 6) is -26.2. The third-order valence-electron chi connectivity index (χ3n) is 14.4. The molecule has 0 atom stereocenters. The molecule has 0 N–H and O–H groups in total. The van der Waals surface area contributed by atoms with Crippen molar-refractivity contribution in [3.8, 4) is 45.3 Å². The van der Waals surface area contributed by atoms with Crippen molar-refractivity contribution in [3.63, 3.8) is 0 Å². The Hall–Kier alpha value is -10.2. The lowest BCUT2D eigenvalue weighted by atomic mass is 9.89. The van der Waals surface area contributed by atoms with E-state index in [-0.39, 0.29) is 67.5 Å². The van der Waals surface area contributed by atoms with Crippen molar-refractivity contribution in [1.29, 1.82) is 0 Å². The van der Waals surface area contributed by atoms with Crippen LogP contribution >= 0.6 is 0 Å². The third-order valence-corrected chi connectivity index (χ3v) is 14.4. The van der Waals surface area contributed by atoms with Gasteiger partial charge in [-0.15, -0.1) is 0 Å². The van der Waals surface area contributed by atoms with Crippen LogP contribution in [0.1, 0.15) is 63.7 Å². The molecule has 0 amide bonds. The number of benzene rings is 10. The van der Waals surface area contributed by atoms with Gasteiger partial charge < -0.3 is 37.9 Å². The molecule has 4 aliphatic rings. The van der Waals surface area contributed by atoms with Crippen molar-refractivity contribution in [1.82, 2.24) is 0 Å². The normalized spacial score (nSPS) is 13.3. The van der Waals surface area contributed by atoms with E-state index in [1.54, 1.807) is 97.1 Å². The second-order valence-electron chi connectivity index (χ2n) is 19.0. The number of fused-ring (bicyclic) bond motifs is 4. The summed E-state index contributed by atoms with van der Waals surface area (Å²) < 4.78 is 174. The van der Waals surface area contributed by atoms with Crippen LogP contribution in [0, 0.1) is 46.5 Å². The van der Waals surface area contributed by atoms with Crippen LogP contribution in [-0.2, 0) is 45.4 Å². The van der Waals surface area contributed by atoms with E-state index in [2.05, 4.69) is 0 Å². The second-order valence-corrected chi connectivity index (χ2v) is 19.0. The SMILES string of the molecule is COc1c2cc3ccccc3c1-c1c(OC)c(cc3ccccc13)COC(=O)c1c(F)c(F)c(c(F)c1F)C(=O)OCc1cc3ccccc3c(c1OC)-c1c(OC)c(cc3ccccc13)COC(=O)c1c(F)c(F)c(c(F)c1F)C(=O)OC2. The van der Waals surface area contributed by atoms with Crippen LogP contribution in [-0.4, -0.2) is 52.3 Å². The highest BCUT2D eigenvalue weighted by Gasteiger charge is 2.37. The minimum absolute atomic E-state index is 0.00408. The maximum absolute atomic E-state index is 16.2. The number of methoxy groups -OCH3 is 4. The van der Waals surface area contributed by atoms with Crippen molar-refractivity contribution >= 4 is 67.0 Å². The highest BCUT2D eigenvalue weighted by atomic mass is 19.2. The first-order chi connectivity index (χ1) is 40.5. The third kappa shape index (κ3) is 9.19. The average Bonchev–Trinajstić information content (AvgIpc) is 3.49. The van der Waals surface area contributed by atoms with Gasteiger partial charge >= 0.3 is 23.9 Å². The van der Waals surface area contributed by atoms with Gasteiger partial charge in [0.15, 0.2) is 46.5 Å². The van der Waals surface area contributed by atoms with Gasteiger partial charge in [-0.25, -0.2) is 54.3 Å². The second kappa shape index (κ2) is 22.3. The number of hydrogen-bond acceptors (Lipinski definition) is 12. The molecule has 4 aliphatic heterocycles. The molecule has 0 saturated heterocycles. The van der Waals surface area contributed by atoms with Crippen molar-refractivity contribution < 1.29 is 92.2 Å². The van der Waals surface area contributed by atoms with Crippen LogP contribution in [0.3, 0.4) is 0 Å². The molecular formula is C64H40F8O12. The van der Waals surface area contributed by atoms with Gasteiger partial charge in [0, 0.05) is 44.5 Å². The van der Waals surface area contributed by atoms with E-state index in [4.69, 9.17) is 37.9 Å². The number of hydrogen-bond donors (Lipinski definition) is 0. The number of carbonyl (C=O) groups is 4. The molecule has 0 aromatic heterocycles. The van der Waals surface area contributed by atoms with E-state index < -0.39 is 119 Å². The Morgan fingerprint density at radius 3 is 0.643 bits per heavy atom. The highest BCUT2D eigenvalue weighted by Crippen LogP contribution is 2.51. The van der Waals surface area contributed by atoms with Crippen LogP contribution in [0.25, 0.3) is 65.3 Å². The van der Waals surface area contributed by atoms with Gasteiger partial charge in [-0.1, -0.05) is 97.1 Å². The summed E-state index contributed by atoms with van der Waals surface area (Å²) in [6.07, 6.45) is 0. The molecule has 84 heavy (non-hydrogen) atoms. The largest absolute Gasteiger partial charge is 0.496 e. The van der Waals surface area contributed by atoms with Crippen LogP contribution in [0.15, 0.2) is 121 Å². The Balaban J connectivity index is 1.10. The van der Waals surface area contributed by atoms with Gasteiger partial charge in [0.1, 0.15) is 71.7 Å². The monoisotopic (exact) mass is 1150 g/mol. The number of esters is 4. The van der Waals surface area contributed by atoms with Crippen molar-refractivity contribution in [2.24, 2.45) is 0 Å². The summed E-state index contributed by atoms with van der Waals surface area (Å²) in [5, 5.41) is 3.49. The summed E-state index contributed by atoms with van der Waals surface area (Å²) in [5.41, 5.74) is -6.50. The zero-order chi connectivity index (χ0) is 59.4. The zero-order valence-corrected chi connectivity index (χ0v) is 44.3. The average molecular weight is 1150 g/mol. The van der Waals surface area contributed by atoms with E-state index in [1.807, 2.05) is 0 Å². The molecule has 0 unspecified atom stereocenters. The number of ether oxygens (including phenoxy) is 8. The summed E-state index contributed by atoms with van der Waals surface area (Å²) in [7, 11) is 4.92. The fourth-order valence-corrected chi connectivity index (χ4v) is 10.7. The first-order valence-corrected chi connectivity index (χ1v) is 25.3. The lowest BCUT2D eigenvalue weighted by molar-refractivity contribution is 0.0432. The van der Waals surface area contributed by atoms with Crippen LogP contribution in [0.2, 0.25) is 0 Å². The predicted octanol–water partition coefficient (Wildman–Crippen LogP) is 14.5. The molecule has 4 heterocycles. The molecule has 12 bridgehead atoms. The first-order valence-electron chi connectivity index (χ1n) is 25.3. The Labute approximate surface area is 470 Å². The Kier molecular flexibility index (Phi) is 14.7. The lowest BCUT2D eigenvalue weighted by Crippen LogP contribution is -2.19. The zero-order valence-electron chi connectivity index (χ0n) is 44.3. The Morgan fingerprint density at radius 2 is 0.464 bits per heavy atom. The van der Waals surface area contributed by atoms with E-state index in [0.29, 0.717) is 43.1 Å². The highest BCUT2D eigenvalue weighted by molar-refractivity contribution is 6.12. The van der Waals surface area contributed by atoms with Crippen molar-refractivity contribution in [3.05, 3.63) is 212 Å².